The number of rotatable bonds is 0. The SMILES string of the molecule is Nc1c(=O)[nH]nc2c1ccc1sccc12. The van der Waals surface area contributed by atoms with Crippen LogP contribution in [0.4, 0.5) is 5.69 Å². The van der Waals surface area contributed by atoms with Crippen molar-refractivity contribution >= 4 is 38.0 Å². The minimum atomic E-state index is -0.336. The minimum absolute atomic E-state index is 0.230. The highest BCUT2D eigenvalue weighted by molar-refractivity contribution is 7.17. The Labute approximate surface area is 88.3 Å². The number of aromatic nitrogens is 2. The molecule has 3 N–H and O–H groups in total. The van der Waals surface area contributed by atoms with Gasteiger partial charge in [-0.05, 0) is 23.6 Å². The summed E-state index contributed by atoms with van der Waals surface area (Å²) in [6.45, 7) is 0. The molecule has 15 heavy (non-hydrogen) atoms. The van der Waals surface area contributed by atoms with E-state index >= 15 is 0 Å². The molecule has 0 radical (unpaired) electrons. The standard InChI is InChI=1S/C10H7N3OS/c11-8-6-1-2-7-5(3-4-15-7)9(6)12-13-10(8)14/h1-4H,(H2,11,12)(H,13,14). The summed E-state index contributed by atoms with van der Waals surface area (Å²) in [7, 11) is 0. The van der Waals surface area contributed by atoms with Crippen LogP contribution in [0.25, 0.3) is 21.0 Å². The molecule has 0 bridgehead atoms. The first-order chi connectivity index (χ1) is 7.27. The topological polar surface area (TPSA) is 71.8 Å². The van der Waals surface area contributed by atoms with Gasteiger partial charge >= 0.3 is 0 Å². The number of H-pyrrole nitrogens is 1. The molecule has 2 aromatic heterocycles. The van der Waals surface area contributed by atoms with Gasteiger partial charge in [-0.3, -0.25) is 4.79 Å². The third-order valence-corrected chi connectivity index (χ3v) is 3.29. The van der Waals surface area contributed by atoms with Crippen LogP contribution in [-0.2, 0) is 0 Å². The molecule has 4 nitrogen and oxygen atoms in total. The summed E-state index contributed by atoms with van der Waals surface area (Å²) in [6.07, 6.45) is 0. The highest BCUT2D eigenvalue weighted by Gasteiger charge is 2.07. The average molecular weight is 217 g/mol. The number of anilines is 1. The molecule has 0 amide bonds. The Kier molecular flexibility index (Phi) is 1.58. The molecule has 0 fully saturated rings. The highest BCUT2D eigenvalue weighted by Crippen LogP contribution is 2.28. The first-order valence-electron chi connectivity index (χ1n) is 4.41. The average Bonchev–Trinajstić information content (AvgIpc) is 2.71. The maximum atomic E-state index is 11.3. The van der Waals surface area contributed by atoms with E-state index in [-0.39, 0.29) is 11.2 Å². The largest absolute Gasteiger partial charge is 0.394 e. The molecule has 0 aliphatic heterocycles. The third kappa shape index (κ3) is 1.07. The van der Waals surface area contributed by atoms with Gasteiger partial charge < -0.3 is 5.73 Å². The van der Waals surface area contributed by atoms with Crippen LogP contribution in [-0.4, -0.2) is 10.2 Å². The fourth-order valence-corrected chi connectivity index (χ4v) is 2.44. The van der Waals surface area contributed by atoms with Gasteiger partial charge in [0.25, 0.3) is 5.56 Å². The number of nitrogens with two attached hydrogens (primary N) is 1. The maximum absolute atomic E-state index is 11.3. The van der Waals surface area contributed by atoms with Crippen LogP contribution in [0.2, 0.25) is 0 Å². The first-order valence-corrected chi connectivity index (χ1v) is 5.29. The second kappa shape index (κ2) is 2.80. The fourth-order valence-electron chi connectivity index (χ4n) is 1.66. The summed E-state index contributed by atoms with van der Waals surface area (Å²) < 4.78 is 1.14. The van der Waals surface area contributed by atoms with Gasteiger partial charge in [-0.15, -0.1) is 11.3 Å². The van der Waals surface area contributed by atoms with E-state index in [1.807, 2.05) is 23.6 Å². The van der Waals surface area contributed by atoms with Gasteiger partial charge in [0.05, 0.1) is 0 Å². The molecule has 3 aromatic rings. The van der Waals surface area contributed by atoms with Crippen molar-refractivity contribution in [2.24, 2.45) is 0 Å². The van der Waals surface area contributed by atoms with E-state index in [0.717, 1.165) is 15.6 Å². The number of fused-ring (bicyclic) bond motifs is 3. The summed E-state index contributed by atoms with van der Waals surface area (Å²) in [5, 5.41) is 10.2. The summed E-state index contributed by atoms with van der Waals surface area (Å²) in [6, 6.07) is 5.78. The fraction of sp³-hybridized carbons (Fsp3) is 0. The molecule has 0 spiro atoms. The second-order valence-corrected chi connectivity index (χ2v) is 4.21. The smallest absolute Gasteiger partial charge is 0.287 e. The lowest BCUT2D eigenvalue weighted by Crippen LogP contribution is -2.13. The van der Waals surface area contributed by atoms with Crippen molar-refractivity contribution in [3.8, 4) is 0 Å². The zero-order valence-electron chi connectivity index (χ0n) is 7.65. The molecule has 1 aromatic carbocycles. The molecule has 5 heteroatoms. The van der Waals surface area contributed by atoms with Crippen LogP contribution in [0, 0.1) is 0 Å². The van der Waals surface area contributed by atoms with Gasteiger partial charge in [-0.25, -0.2) is 5.10 Å². The van der Waals surface area contributed by atoms with Crippen molar-refractivity contribution in [2.75, 3.05) is 5.73 Å². The molecule has 0 saturated carbocycles. The van der Waals surface area contributed by atoms with Crippen LogP contribution in [0.15, 0.2) is 28.4 Å². The molecule has 2 heterocycles. The summed E-state index contributed by atoms with van der Waals surface area (Å²) in [4.78, 5) is 11.3. The Morgan fingerprint density at radius 1 is 1.27 bits per heavy atom. The number of nitrogen functional groups attached to an aromatic ring is 1. The Balaban J connectivity index is 2.66. The lowest BCUT2D eigenvalue weighted by molar-refractivity contribution is 1.04. The molecule has 0 unspecified atom stereocenters. The van der Waals surface area contributed by atoms with Crippen molar-refractivity contribution < 1.29 is 0 Å². The van der Waals surface area contributed by atoms with E-state index in [4.69, 9.17) is 5.73 Å². The lowest BCUT2D eigenvalue weighted by atomic mass is 10.1. The van der Waals surface area contributed by atoms with Crippen LogP contribution in [0.3, 0.4) is 0 Å². The van der Waals surface area contributed by atoms with Crippen molar-refractivity contribution in [3.63, 3.8) is 0 Å². The molecule has 0 atom stereocenters. The number of hydrogen-bond donors (Lipinski definition) is 2. The Morgan fingerprint density at radius 3 is 3.00 bits per heavy atom. The molecule has 0 aliphatic rings. The van der Waals surface area contributed by atoms with Crippen LogP contribution < -0.4 is 11.3 Å². The molecule has 0 aliphatic carbocycles. The van der Waals surface area contributed by atoms with Gasteiger partial charge in [-0.2, -0.15) is 5.10 Å². The van der Waals surface area contributed by atoms with E-state index in [0.29, 0.717) is 5.39 Å². The van der Waals surface area contributed by atoms with E-state index < -0.39 is 0 Å². The number of aromatic amines is 1. The second-order valence-electron chi connectivity index (χ2n) is 3.26. The molecular formula is C10H7N3OS. The van der Waals surface area contributed by atoms with E-state index in [9.17, 15) is 4.79 Å². The van der Waals surface area contributed by atoms with Crippen molar-refractivity contribution in [3.05, 3.63) is 33.9 Å². The predicted octanol–water partition coefficient (Wildman–Crippen LogP) is 1.72. The van der Waals surface area contributed by atoms with E-state index in [2.05, 4.69) is 10.2 Å². The number of hydrogen-bond acceptors (Lipinski definition) is 4. The van der Waals surface area contributed by atoms with E-state index in [1.54, 1.807) is 11.3 Å². The lowest BCUT2D eigenvalue weighted by Gasteiger charge is -2.00. The number of thiophene rings is 1. The van der Waals surface area contributed by atoms with Crippen molar-refractivity contribution in [2.45, 2.75) is 0 Å². The summed E-state index contributed by atoms with van der Waals surface area (Å²) in [5.41, 5.74) is 6.35. The van der Waals surface area contributed by atoms with Crippen LogP contribution in [0.1, 0.15) is 0 Å². The third-order valence-electron chi connectivity index (χ3n) is 2.41. The van der Waals surface area contributed by atoms with Gasteiger partial charge in [-0.1, -0.05) is 0 Å². The van der Waals surface area contributed by atoms with Gasteiger partial charge in [0.1, 0.15) is 11.2 Å². The zero-order chi connectivity index (χ0) is 10.4. The molecule has 3 rings (SSSR count). The van der Waals surface area contributed by atoms with Crippen molar-refractivity contribution in [1.29, 1.82) is 0 Å². The monoisotopic (exact) mass is 217 g/mol. The van der Waals surface area contributed by atoms with Gasteiger partial charge in [0.15, 0.2) is 0 Å². The predicted molar refractivity (Wildman–Crippen MR) is 62.2 cm³/mol. The van der Waals surface area contributed by atoms with Crippen LogP contribution >= 0.6 is 11.3 Å². The van der Waals surface area contributed by atoms with Crippen molar-refractivity contribution in [1.82, 2.24) is 10.2 Å². The van der Waals surface area contributed by atoms with Crippen LogP contribution in [0.5, 0.6) is 0 Å². The first kappa shape index (κ1) is 8.43. The maximum Gasteiger partial charge on any atom is 0.287 e. The Morgan fingerprint density at radius 2 is 2.13 bits per heavy atom. The quantitative estimate of drug-likeness (QED) is 0.602. The number of nitrogens with zero attached hydrogens (tertiary/aromatic N) is 1. The van der Waals surface area contributed by atoms with Gasteiger partial charge in [0.2, 0.25) is 0 Å². The minimum Gasteiger partial charge on any atom is -0.394 e. The Bertz CT molecular complexity index is 713. The zero-order valence-corrected chi connectivity index (χ0v) is 8.47. The molecular weight excluding hydrogens is 210 g/mol. The number of benzene rings is 1. The molecule has 74 valence electrons. The Hall–Kier alpha value is -1.88. The number of nitrogens with one attached hydrogen (secondary N) is 1. The normalized spacial score (nSPS) is 11.2. The summed E-state index contributed by atoms with van der Waals surface area (Å²) in [5.74, 6) is 0. The molecule has 0 saturated heterocycles. The highest BCUT2D eigenvalue weighted by atomic mass is 32.1. The van der Waals surface area contributed by atoms with Gasteiger partial charge in [0, 0.05) is 15.5 Å². The summed E-state index contributed by atoms with van der Waals surface area (Å²) >= 11 is 1.64. The van der Waals surface area contributed by atoms with E-state index in [1.165, 1.54) is 0 Å².